The van der Waals surface area contributed by atoms with Gasteiger partial charge in [0.1, 0.15) is 11.7 Å². The largest absolute Gasteiger partial charge is 0.374 e. The molecule has 2 atom stereocenters. The zero-order valence-electron chi connectivity index (χ0n) is 40.4. The Hall–Kier alpha value is -6.83. The number of benzene rings is 4. The van der Waals surface area contributed by atoms with E-state index in [0.29, 0.717) is 30.2 Å². The number of aryl methyl sites for hydroxylation is 1. The Kier molecular flexibility index (Phi) is 13.0. The van der Waals surface area contributed by atoms with Gasteiger partial charge in [-0.1, -0.05) is 30.3 Å². The molecule has 3 aromatic heterocycles. The van der Waals surface area contributed by atoms with E-state index in [1.54, 1.807) is 4.90 Å². The van der Waals surface area contributed by atoms with E-state index in [1.807, 2.05) is 48.4 Å². The van der Waals surface area contributed by atoms with Crippen molar-refractivity contribution in [1.82, 2.24) is 29.5 Å². The van der Waals surface area contributed by atoms with Crippen molar-refractivity contribution in [2.24, 2.45) is 13.0 Å². The summed E-state index contributed by atoms with van der Waals surface area (Å²) in [5, 5.41) is 12.7. The van der Waals surface area contributed by atoms with Crippen LogP contribution in [0.5, 0.6) is 0 Å². The Morgan fingerprint density at radius 3 is 2.37 bits per heavy atom. The molecule has 13 heteroatoms. The third-order valence-electron chi connectivity index (χ3n) is 15.5. The van der Waals surface area contributed by atoms with E-state index >= 15 is 0 Å². The fourth-order valence-electron chi connectivity index (χ4n) is 11.3. The smallest absolute Gasteiger partial charge is 0.258 e. The monoisotopic (exact) mass is 938 g/mol. The van der Waals surface area contributed by atoms with Crippen LogP contribution in [0.25, 0.3) is 33.1 Å². The van der Waals surface area contributed by atoms with Crippen molar-refractivity contribution >= 4 is 56.7 Å². The van der Waals surface area contributed by atoms with E-state index in [4.69, 9.17) is 14.8 Å². The molecule has 4 fully saturated rings. The zero-order chi connectivity index (χ0) is 47.7. The number of nitrogens with one attached hydrogen (secondary N) is 2. The first-order chi connectivity index (χ1) is 34.2. The fourth-order valence-corrected chi connectivity index (χ4v) is 11.3. The average molecular weight is 938 g/mol. The number of rotatable bonds is 12. The maximum Gasteiger partial charge on any atom is 0.258 e. The van der Waals surface area contributed by atoms with Crippen molar-refractivity contribution < 1.29 is 19.1 Å². The molecule has 4 aliphatic rings. The Bertz CT molecular complexity index is 2990. The summed E-state index contributed by atoms with van der Waals surface area (Å²) in [6, 6.07) is 35.8. The lowest BCUT2D eigenvalue weighted by molar-refractivity contribution is -0.133. The summed E-state index contributed by atoms with van der Waals surface area (Å²) in [5.74, 6) is 0.595. The molecule has 11 rings (SSSR count). The van der Waals surface area contributed by atoms with Crippen LogP contribution in [0.15, 0.2) is 116 Å². The molecular weight excluding hydrogens is 875 g/mol. The number of piperidine rings is 3. The minimum atomic E-state index is -0.384. The minimum absolute atomic E-state index is 0.00435. The maximum atomic E-state index is 13.7. The number of ether oxygens (including phenoxy) is 1. The molecule has 0 bridgehead atoms. The van der Waals surface area contributed by atoms with E-state index < -0.39 is 0 Å². The van der Waals surface area contributed by atoms with Crippen LogP contribution in [-0.4, -0.2) is 87.8 Å². The van der Waals surface area contributed by atoms with Crippen LogP contribution in [0, 0.1) is 5.92 Å². The molecule has 0 radical (unpaired) electrons. The number of anilines is 3. The molecule has 3 amide bonds. The Morgan fingerprint density at radius 2 is 1.63 bits per heavy atom. The number of hydrogen-bond acceptors (Lipinski definition) is 9. The number of carbonyl (C=O) groups is 3. The lowest BCUT2D eigenvalue weighted by Crippen LogP contribution is -2.47. The van der Waals surface area contributed by atoms with Crippen molar-refractivity contribution in [2.75, 3.05) is 55.0 Å². The Morgan fingerprint density at radius 1 is 0.843 bits per heavy atom. The molecule has 7 aromatic rings. The first-order valence-electron chi connectivity index (χ1n) is 25.4. The number of nitrogens with zero attached hydrogens (tertiary/aromatic N) is 7. The number of likely N-dealkylation sites (tertiary alicyclic amines) is 1. The van der Waals surface area contributed by atoms with Crippen LogP contribution >= 0.6 is 0 Å². The summed E-state index contributed by atoms with van der Waals surface area (Å²) in [7, 11) is 4.00. The molecule has 2 N–H and O–H groups in total. The van der Waals surface area contributed by atoms with Gasteiger partial charge in [0.2, 0.25) is 11.8 Å². The van der Waals surface area contributed by atoms with Gasteiger partial charge in [-0.15, -0.1) is 0 Å². The molecule has 360 valence electrons. The van der Waals surface area contributed by atoms with Crippen molar-refractivity contribution in [3.05, 3.63) is 138 Å². The van der Waals surface area contributed by atoms with Gasteiger partial charge in [0.05, 0.1) is 11.7 Å². The van der Waals surface area contributed by atoms with Crippen molar-refractivity contribution in [3.8, 4) is 11.1 Å². The molecule has 0 aliphatic carbocycles. The number of fused-ring (bicyclic) bond motifs is 2. The van der Waals surface area contributed by atoms with E-state index in [9.17, 15) is 14.4 Å². The first kappa shape index (κ1) is 45.6. The molecule has 4 aromatic carbocycles. The molecule has 2 unspecified atom stereocenters. The molecule has 0 spiro atoms. The molecule has 0 saturated carbocycles. The average Bonchev–Trinajstić information content (AvgIpc) is 3.97. The molecule has 13 nitrogen and oxygen atoms in total. The highest BCUT2D eigenvalue weighted by Gasteiger charge is 2.28. The predicted molar refractivity (Wildman–Crippen MR) is 276 cm³/mol. The molecule has 70 heavy (non-hydrogen) atoms. The van der Waals surface area contributed by atoms with Crippen molar-refractivity contribution in [1.29, 1.82) is 0 Å². The van der Waals surface area contributed by atoms with Gasteiger partial charge in [0.15, 0.2) is 6.23 Å². The van der Waals surface area contributed by atoms with Gasteiger partial charge < -0.3 is 24.4 Å². The third-order valence-corrected chi connectivity index (χ3v) is 15.5. The molecule has 7 heterocycles. The van der Waals surface area contributed by atoms with Gasteiger partial charge >= 0.3 is 0 Å². The van der Waals surface area contributed by atoms with Gasteiger partial charge in [-0.3, -0.25) is 24.6 Å². The number of pyridine rings is 1. The van der Waals surface area contributed by atoms with E-state index in [-0.39, 0.29) is 30.0 Å². The highest BCUT2D eigenvalue weighted by atomic mass is 16.5. The van der Waals surface area contributed by atoms with Crippen LogP contribution in [0.1, 0.15) is 97.1 Å². The standard InChI is InChI=1S/C57H63N9O4/c1-62-48(35-50-49(22-27-58-55(50)62)43-12-20-52-44(34-43)36-59-66(52)54-5-3-4-32-70-54)37-64-28-25-41(26-29-64)40-8-10-42(11-9-40)57(69)63(2)46-15-6-38(7-16-46)33-39-23-30-65(31-24-39)47-17-13-45(14-18-47)60-51-19-21-53(67)61-56(51)68/h6-18,20,22,27,34-36,39,41,51,54,60H,3-5,19,21,23-26,28-33,37H2,1-2H3,(H,61,67,68). The number of aromatic nitrogens is 4. The highest BCUT2D eigenvalue weighted by molar-refractivity contribution is 6.06. The highest BCUT2D eigenvalue weighted by Crippen LogP contribution is 2.35. The number of imide groups is 1. The normalized spacial score (nSPS) is 19.7. The van der Waals surface area contributed by atoms with Crippen molar-refractivity contribution in [3.63, 3.8) is 0 Å². The van der Waals surface area contributed by atoms with Gasteiger partial charge in [-0.05, 0) is 178 Å². The maximum absolute atomic E-state index is 13.7. The van der Waals surface area contributed by atoms with Crippen molar-refractivity contribution in [2.45, 2.75) is 88.9 Å². The summed E-state index contributed by atoms with van der Waals surface area (Å²) < 4.78 is 10.3. The van der Waals surface area contributed by atoms with Gasteiger partial charge in [0.25, 0.3) is 5.91 Å². The minimum Gasteiger partial charge on any atom is -0.374 e. The lowest BCUT2D eigenvalue weighted by atomic mass is 9.89. The quantitative estimate of drug-likeness (QED) is 0.115. The summed E-state index contributed by atoms with van der Waals surface area (Å²) >= 11 is 0. The van der Waals surface area contributed by atoms with Crippen LogP contribution in [-0.2, 0) is 34.3 Å². The molecular formula is C57H63N9O4. The second-order valence-corrected chi connectivity index (χ2v) is 20.0. The summed E-state index contributed by atoms with van der Waals surface area (Å²) in [5.41, 5.74) is 12.0. The van der Waals surface area contributed by atoms with E-state index in [0.717, 1.165) is 112 Å². The first-order valence-corrected chi connectivity index (χ1v) is 25.4. The third kappa shape index (κ3) is 9.56. The lowest BCUT2D eigenvalue weighted by Gasteiger charge is -2.34. The number of amides is 3. The summed E-state index contributed by atoms with van der Waals surface area (Å²) in [6.07, 6.45) is 13.5. The second kappa shape index (κ2) is 19.9. The van der Waals surface area contributed by atoms with Crippen LogP contribution < -0.4 is 20.4 Å². The molecule has 4 saturated heterocycles. The second-order valence-electron chi connectivity index (χ2n) is 20.0. The van der Waals surface area contributed by atoms with Gasteiger partial charge in [0, 0.05) is 92.0 Å². The van der Waals surface area contributed by atoms with Gasteiger partial charge in [-0.25, -0.2) is 9.67 Å². The predicted octanol–water partition coefficient (Wildman–Crippen LogP) is 9.62. The molecule has 4 aliphatic heterocycles. The topological polar surface area (TPSA) is 130 Å². The number of carbonyl (C=O) groups excluding carboxylic acids is 3. The van der Waals surface area contributed by atoms with Crippen LogP contribution in [0.2, 0.25) is 0 Å². The SMILES string of the molecule is CN(C(=O)c1ccc(C2CCN(Cc3cc4c(-c5ccc6c(cnn6C6CCCCO6)c5)ccnc4n3C)CC2)cc1)c1ccc(CC2CCN(c3ccc(NC4CCC(=O)NC4=O)cc3)CC2)cc1. The van der Waals surface area contributed by atoms with Crippen LogP contribution in [0.3, 0.4) is 0 Å². The van der Waals surface area contributed by atoms with E-state index in [2.05, 4.69) is 111 Å². The number of hydrogen-bond donors (Lipinski definition) is 2. The summed E-state index contributed by atoms with van der Waals surface area (Å²) in [6.45, 7) is 5.68. The van der Waals surface area contributed by atoms with E-state index in [1.165, 1.54) is 45.4 Å². The fraction of sp³-hybridized carbons (Fsp3) is 0.386. The Labute approximate surface area is 409 Å². The zero-order valence-corrected chi connectivity index (χ0v) is 40.4. The Balaban J connectivity index is 0.645. The van der Waals surface area contributed by atoms with Crippen LogP contribution in [0.4, 0.5) is 17.1 Å². The summed E-state index contributed by atoms with van der Waals surface area (Å²) in [4.78, 5) is 48.9. The van der Waals surface area contributed by atoms with Gasteiger partial charge in [-0.2, -0.15) is 5.10 Å².